The number of fused-ring (bicyclic) bond motifs is 34. The summed E-state index contributed by atoms with van der Waals surface area (Å²) in [6.45, 7) is 9.71. The van der Waals surface area contributed by atoms with E-state index in [-0.39, 0.29) is 73.4 Å². The average Bonchev–Trinajstić information content (AvgIpc) is 3.51. The Bertz CT molecular complexity index is 2230. The quantitative estimate of drug-likeness (QED) is 0.0388. The highest BCUT2D eigenvalue weighted by atomic mass is 32.2. The lowest BCUT2D eigenvalue weighted by Gasteiger charge is -2.99. The average molecular weight is 911 g/mol. The van der Waals surface area contributed by atoms with Crippen molar-refractivity contribution in [3.63, 3.8) is 0 Å². The zero-order valence-corrected chi connectivity index (χ0v) is 39.2. The van der Waals surface area contributed by atoms with Crippen LogP contribution in [0.25, 0.3) is 0 Å². The summed E-state index contributed by atoms with van der Waals surface area (Å²) in [5.41, 5.74) is 0.112. The number of methoxy groups -OCH3 is 1. The fourth-order valence-corrected chi connectivity index (χ4v) is 23.5. The van der Waals surface area contributed by atoms with E-state index < -0.39 is 17.1 Å². The van der Waals surface area contributed by atoms with E-state index in [1.54, 1.807) is 0 Å². The maximum absolute atomic E-state index is 13.7. The lowest BCUT2D eigenvalue weighted by Crippen LogP contribution is -2.96. The number of amides is 4. The molecule has 14 fully saturated rings. The van der Waals surface area contributed by atoms with Gasteiger partial charge in [-0.2, -0.15) is 0 Å². The van der Waals surface area contributed by atoms with Gasteiger partial charge in [-0.15, -0.1) is 11.8 Å². The van der Waals surface area contributed by atoms with Crippen LogP contribution in [-0.2, 0) is 28.6 Å². The minimum atomic E-state index is -0.911. The number of hydrogen-bond acceptors (Lipinski definition) is 10. The van der Waals surface area contributed by atoms with Crippen LogP contribution in [0.5, 0.6) is 0 Å². The first kappa shape index (κ1) is 40.9. The summed E-state index contributed by atoms with van der Waals surface area (Å²) in [6.07, 6.45) is 1.37. The highest BCUT2D eigenvalue weighted by Crippen LogP contribution is 2.99. The monoisotopic (exact) mass is 910 g/mol. The van der Waals surface area contributed by atoms with E-state index in [0.717, 1.165) is 125 Å². The van der Waals surface area contributed by atoms with Crippen LogP contribution < -0.4 is 10.6 Å². The van der Waals surface area contributed by atoms with Crippen LogP contribution in [0.2, 0.25) is 0 Å². The van der Waals surface area contributed by atoms with Crippen molar-refractivity contribution in [2.24, 2.45) is 160 Å². The Balaban J connectivity index is 0.522. The molecule has 0 radical (unpaired) electrons. The molecule has 14 heteroatoms. The number of nitrogens with one attached hydrogen (secondary N) is 2. The van der Waals surface area contributed by atoms with Crippen LogP contribution in [0.15, 0.2) is 23.6 Å². The van der Waals surface area contributed by atoms with Gasteiger partial charge in [-0.05, 0) is 179 Å². The van der Waals surface area contributed by atoms with Crippen molar-refractivity contribution in [1.29, 1.82) is 0 Å². The SMILES string of the molecule is CNC(=O)OC(C)C(=C\[N+](=O)[O-])/C=C(\COCCCC(=O)NCCN1C(=O)CC(SC2C(C)C3C2C2C3C3C2C2C3C3C2C2C4C5C6C7C8C9C(C)C(C)C9C8C7C6C5C4C32)C1=O)OC. The third-order valence-corrected chi connectivity index (χ3v) is 25.3. The normalized spacial score (nSPS) is 55.9. The number of rotatable bonds is 16. The molecule has 14 rings (SSSR count). The van der Waals surface area contributed by atoms with Gasteiger partial charge < -0.3 is 24.8 Å². The van der Waals surface area contributed by atoms with Crippen molar-refractivity contribution in [3.05, 3.63) is 33.7 Å². The first-order valence-electron chi connectivity index (χ1n) is 25.7. The molecule has 1 aliphatic heterocycles. The predicted octanol–water partition coefficient (Wildman–Crippen LogP) is 5.44. The van der Waals surface area contributed by atoms with E-state index in [0.29, 0.717) is 17.6 Å². The minimum Gasteiger partial charge on any atom is -0.499 e. The summed E-state index contributed by atoms with van der Waals surface area (Å²) in [5.74, 6) is 28.5. The zero-order valence-electron chi connectivity index (χ0n) is 38.4. The molecule has 13 saturated carbocycles. The number of carbonyl (C=O) groups is 4. The molecule has 30 unspecified atom stereocenters. The smallest absolute Gasteiger partial charge is 0.407 e. The molecule has 1 saturated heterocycles. The molecule has 14 aliphatic rings. The lowest BCUT2D eigenvalue weighted by atomic mass is 9.05. The van der Waals surface area contributed by atoms with Gasteiger partial charge >= 0.3 is 6.09 Å². The van der Waals surface area contributed by atoms with Crippen molar-refractivity contribution in [3.8, 4) is 0 Å². The lowest BCUT2D eigenvalue weighted by molar-refractivity contribution is -0.525. The van der Waals surface area contributed by atoms with Gasteiger partial charge in [-0.25, -0.2) is 4.79 Å². The number of thioether (sulfide) groups is 1. The van der Waals surface area contributed by atoms with Crippen LogP contribution in [0, 0.1) is 170 Å². The van der Waals surface area contributed by atoms with Gasteiger partial charge in [0.25, 0.3) is 0 Å². The summed E-state index contributed by atoms with van der Waals surface area (Å²) < 4.78 is 16.1. The number of alkyl carbamates (subject to hydrolysis) is 1. The molecule has 0 spiro atoms. The van der Waals surface area contributed by atoms with Crippen LogP contribution in [0.3, 0.4) is 0 Å². The fraction of sp³-hybridized carbons (Fsp3) is 0.843. The Morgan fingerprint density at radius 1 is 0.785 bits per heavy atom. The van der Waals surface area contributed by atoms with Crippen LogP contribution in [0.4, 0.5) is 4.79 Å². The van der Waals surface area contributed by atoms with Crippen LogP contribution in [0.1, 0.15) is 47.0 Å². The largest absolute Gasteiger partial charge is 0.499 e. The Kier molecular flexibility index (Phi) is 8.66. The third-order valence-electron chi connectivity index (χ3n) is 23.6. The molecule has 13 nitrogen and oxygen atoms in total. The van der Waals surface area contributed by atoms with E-state index in [1.165, 1.54) is 67.6 Å². The van der Waals surface area contributed by atoms with Gasteiger partial charge in [0.05, 0.1) is 22.9 Å². The molecule has 4 amide bonds. The molecule has 1 heterocycles. The molecule has 2 N–H and O–H groups in total. The van der Waals surface area contributed by atoms with Gasteiger partial charge in [0.2, 0.25) is 23.9 Å². The topological polar surface area (TPSA) is 166 Å². The molecule has 0 aromatic rings. The van der Waals surface area contributed by atoms with Gasteiger partial charge in [0.15, 0.2) is 0 Å². The number of carbonyl (C=O) groups excluding carboxylic acids is 4. The molecule has 350 valence electrons. The van der Waals surface area contributed by atoms with Crippen molar-refractivity contribution >= 4 is 35.6 Å². The summed E-state index contributed by atoms with van der Waals surface area (Å²) in [7, 11) is 2.80. The number of imide groups is 1. The van der Waals surface area contributed by atoms with Gasteiger partial charge in [-0.3, -0.25) is 29.4 Å². The highest BCUT2D eigenvalue weighted by Gasteiger charge is 2.96. The van der Waals surface area contributed by atoms with Gasteiger partial charge in [0, 0.05) is 44.8 Å². The second-order valence-corrected chi connectivity index (χ2v) is 25.5. The molecule has 0 aromatic heterocycles. The standard InChI is InChI=1S/C51H66N4O9S/c1-16-17(2)26-25(16)28-29(26)32-31(28)34-35(32)38-37(34)40-41(38)43-42(40)39-36-33-30-27-18(3)49(48(27)47(30)46(33)45(36)44(39)43)65-22-13-24(57)54(50(22)58)10-9-53-23(56)8-7-11-63-15-21(62-6)12-20(14-55(60)61)19(4)64-51(59)52-5/h12,14,16-19,22,25-49H,7-11,13,15H2,1-6H3,(H,52,59)(H,53,56)/b20-14-,21-12+. The van der Waals surface area contributed by atoms with Crippen molar-refractivity contribution in [1.82, 2.24) is 15.5 Å². The number of nitro groups is 1. The summed E-state index contributed by atoms with van der Waals surface area (Å²) in [6, 6.07) is 0. The molecule has 65 heavy (non-hydrogen) atoms. The number of nitrogens with zero attached hydrogens (tertiary/aromatic N) is 2. The van der Waals surface area contributed by atoms with Crippen molar-refractivity contribution in [2.75, 3.05) is 40.5 Å². The van der Waals surface area contributed by atoms with E-state index in [2.05, 4.69) is 31.4 Å². The highest BCUT2D eigenvalue weighted by molar-refractivity contribution is 8.01. The van der Waals surface area contributed by atoms with E-state index in [9.17, 15) is 29.3 Å². The molecule has 0 aromatic carbocycles. The predicted molar refractivity (Wildman–Crippen MR) is 236 cm³/mol. The Morgan fingerprint density at radius 3 is 1.74 bits per heavy atom. The third kappa shape index (κ3) is 4.74. The zero-order chi connectivity index (χ0) is 44.5. The van der Waals surface area contributed by atoms with Crippen LogP contribution >= 0.6 is 11.8 Å². The Morgan fingerprint density at radius 2 is 1.26 bits per heavy atom. The number of ether oxygens (including phenoxy) is 3. The van der Waals surface area contributed by atoms with Gasteiger partial charge in [0.1, 0.15) is 18.5 Å². The molecular formula is C51H66N4O9S. The first-order chi connectivity index (χ1) is 31.4. The van der Waals surface area contributed by atoms with Gasteiger partial charge in [-0.1, -0.05) is 20.8 Å². The molecule has 13 aliphatic carbocycles. The van der Waals surface area contributed by atoms with Crippen LogP contribution in [-0.4, -0.2) is 90.7 Å². The second-order valence-electron chi connectivity index (χ2n) is 24.1. The minimum absolute atomic E-state index is 0.00691. The van der Waals surface area contributed by atoms with E-state index in [1.807, 2.05) is 11.8 Å². The molecular weight excluding hydrogens is 845 g/mol. The van der Waals surface area contributed by atoms with Crippen molar-refractivity contribution < 1.29 is 38.3 Å². The van der Waals surface area contributed by atoms with E-state index in [4.69, 9.17) is 14.2 Å². The first-order valence-corrected chi connectivity index (χ1v) is 26.7. The Hall–Kier alpha value is -3.13. The number of hydrogen-bond donors (Lipinski definition) is 2. The fourth-order valence-electron chi connectivity index (χ4n) is 21.7. The maximum Gasteiger partial charge on any atom is 0.407 e. The second kappa shape index (κ2) is 13.8. The Labute approximate surface area is 385 Å². The molecule has 30 atom stereocenters. The van der Waals surface area contributed by atoms with Crippen molar-refractivity contribution in [2.45, 2.75) is 63.6 Å². The summed E-state index contributed by atoms with van der Waals surface area (Å²) >= 11 is 1.82. The van der Waals surface area contributed by atoms with E-state index >= 15 is 0 Å². The maximum atomic E-state index is 13.7. The molecule has 0 bridgehead atoms. The summed E-state index contributed by atoms with van der Waals surface area (Å²) in [5, 5.41) is 16.5. The number of likely N-dealkylation sites (tertiary alicyclic amines) is 1. The summed E-state index contributed by atoms with van der Waals surface area (Å²) in [4.78, 5) is 62.9.